The van der Waals surface area contributed by atoms with Crippen LogP contribution in [0.25, 0.3) is 75.5 Å². The van der Waals surface area contributed by atoms with Gasteiger partial charge in [-0.25, -0.2) is 0 Å². The molecule has 1 heterocycles. The minimum atomic E-state index is -0.511. The highest BCUT2D eigenvalue weighted by molar-refractivity contribution is 7.26. The first kappa shape index (κ1) is 43.5. The molecule has 0 saturated heterocycles. The Morgan fingerprint density at radius 1 is 0.384 bits per heavy atom. The van der Waals surface area contributed by atoms with Gasteiger partial charge in [0.15, 0.2) is 0 Å². The standard InChI is InChI=1S/C71H53NS/c1-4-21-48(22-5-1)56-33-18-23-50-24-19-35-62(69(50)56)60-31-12-16-39-67(60)72(54-44-41-49(42-45-54)57-34-20-36-63-61-32-13-17-40-68(61)73-70(57)63)66-38-15-11-29-55(66)51-43-46-59-58-30-10-14-37-64(58)71(65(59)47-51,52-25-6-2-7-26-52)53-27-8-3-9-28-53/h2-3,6-20,23-48H,1,4-5,21-22H2. The largest absolute Gasteiger partial charge is 0.309 e. The Hall–Kier alpha value is -8.30. The first-order valence-electron chi connectivity index (χ1n) is 26.1. The number of fused-ring (bicyclic) bond motifs is 7. The van der Waals surface area contributed by atoms with Gasteiger partial charge in [-0.15, -0.1) is 11.3 Å². The number of benzene rings is 11. The van der Waals surface area contributed by atoms with Crippen LogP contribution in [-0.2, 0) is 5.41 Å². The van der Waals surface area contributed by atoms with Crippen molar-refractivity contribution >= 4 is 59.3 Å². The molecule has 2 heteroatoms. The SMILES string of the molecule is c1ccc(C2(c3ccccc3)c3ccccc3-c3ccc(-c4ccccc4N(c4ccc(-c5cccc6c5sc5ccccc56)cc4)c4ccccc4-c4cccc5cccc(C6CCCCC6)c45)cc32)cc1. The van der Waals surface area contributed by atoms with Gasteiger partial charge >= 0.3 is 0 Å². The van der Waals surface area contributed by atoms with Crippen molar-refractivity contribution in [3.05, 3.63) is 283 Å². The maximum atomic E-state index is 2.54. The van der Waals surface area contributed by atoms with Gasteiger partial charge in [0, 0.05) is 37.0 Å². The molecule has 0 radical (unpaired) electrons. The van der Waals surface area contributed by atoms with Crippen LogP contribution in [0.2, 0.25) is 0 Å². The van der Waals surface area contributed by atoms with Crippen molar-refractivity contribution < 1.29 is 0 Å². The third kappa shape index (κ3) is 7.11. The summed E-state index contributed by atoms with van der Waals surface area (Å²) >= 11 is 1.89. The summed E-state index contributed by atoms with van der Waals surface area (Å²) in [5, 5.41) is 5.33. The van der Waals surface area contributed by atoms with Crippen LogP contribution in [0.15, 0.2) is 255 Å². The van der Waals surface area contributed by atoms with Crippen molar-refractivity contribution in [2.45, 2.75) is 43.4 Å². The van der Waals surface area contributed by atoms with E-state index >= 15 is 0 Å². The summed E-state index contributed by atoms with van der Waals surface area (Å²) in [6.45, 7) is 0. The van der Waals surface area contributed by atoms with Gasteiger partial charge in [0.1, 0.15) is 0 Å². The summed E-state index contributed by atoms with van der Waals surface area (Å²) in [6.07, 6.45) is 6.42. The molecule has 0 bridgehead atoms. The molecular formula is C71H53NS. The molecule has 2 aliphatic carbocycles. The molecule has 14 rings (SSSR count). The lowest BCUT2D eigenvalue weighted by molar-refractivity contribution is 0.445. The van der Waals surface area contributed by atoms with E-state index in [9.17, 15) is 0 Å². The first-order chi connectivity index (χ1) is 36.2. The van der Waals surface area contributed by atoms with Crippen molar-refractivity contribution in [1.82, 2.24) is 0 Å². The number of nitrogens with zero attached hydrogens (tertiary/aromatic N) is 1. The zero-order valence-electron chi connectivity index (χ0n) is 40.7. The lowest BCUT2D eigenvalue weighted by Crippen LogP contribution is -2.28. The van der Waals surface area contributed by atoms with Gasteiger partial charge in [-0.2, -0.15) is 0 Å². The van der Waals surface area contributed by atoms with E-state index in [1.165, 1.54) is 135 Å². The van der Waals surface area contributed by atoms with E-state index in [4.69, 9.17) is 0 Å². The van der Waals surface area contributed by atoms with Gasteiger partial charge < -0.3 is 4.90 Å². The molecule has 0 N–H and O–H groups in total. The molecule has 1 nitrogen and oxygen atoms in total. The van der Waals surface area contributed by atoms with Crippen LogP contribution in [0.4, 0.5) is 17.1 Å². The lowest BCUT2D eigenvalue weighted by Gasteiger charge is -2.34. The van der Waals surface area contributed by atoms with E-state index in [-0.39, 0.29) is 0 Å². The van der Waals surface area contributed by atoms with Gasteiger partial charge in [-0.05, 0) is 127 Å². The lowest BCUT2D eigenvalue weighted by atomic mass is 9.67. The number of anilines is 3. The molecule has 11 aromatic carbocycles. The molecule has 0 atom stereocenters. The van der Waals surface area contributed by atoms with Gasteiger partial charge in [0.05, 0.1) is 16.8 Å². The molecule has 1 saturated carbocycles. The Labute approximate surface area is 432 Å². The second kappa shape index (κ2) is 18.1. The van der Waals surface area contributed by atoms with Crippen molar-refractivity contribution in [2.75, 3.05) is 4.90 Å². The van der Waals surface area contributed by atoms with Crippen LogP contribution in [0.3, 0.4) is 0 Å². The van der Waals surface area contributed by atoms with E-state index in [0.717, 1.165) is 17.1 Å². The summed E-state index contributed by atoms with van der Waals surface area (Å²) in [7, 11) is 0. The second-order valence-electron chi connectivity index (χ2n) is 20.1. The van der Waals surface area contributed by atoms with Crippen LogP contribution in [0.1, 0.15) is 65.8 Å². The monoisotopic (exact) mass is 951 g/mol. The highest BCUT2D eigenvalue weighted by Gasteiger charge is 2.46. The summed E-state index contributed by atoms with van der Waals surface area (Å²) in [5.74, 6) is 0.561. The molecule has 1 fully saturated rings. The zero-order valence-corrected chi connectivity index (χ0v) is 41.5. The third-order valence-corrected chi connectivity index (χ3v) is 17.4. The van der Waals surface area contributed by atoms with Gasteiger partial charge in [0.2, 0.25) is 0 Å². The predicted octanol–water partition coefficient (Wildman–Crippen LogP) is 20.1. The molecule has 0 spiro atoms. The van der Waals surface area contributed by atoms with E-state index in [0.29, 0.717) is 5.92 Å². The number of para-hydroxylation sites is 2. The number of thiophene rings is 1. The normalized spacial score (nSPS) is 14.1. The number of hydrogen-bond donors (Lipinski definition) is 0. The summed E-state index contributed by atoms with van der Waals surface area (Å²) in [4.78, 5) is 2.54. The fourth-order valence-corrected chi connectivity index (χ4v) is 14.2. The Balaban J connectivity index is 0.989. The molecule has 73 heavy (non-hydrogen) atoms. The van der Waals surface area contributed by atoms with Crippen LogP contribution in [-0.4, -0.2) is 0 Å². The fourth-order valence-electron chi connectivity index (χ4n) is 12.9. The number of rotatable bonds is 9. The minimum Gasteiger partial charge on any atom is -0.309 e. The minimum absolute atomic E-state index is 0.511. The average molecular weight is 952 g/mol. The highest BCUT2D eigenvalue weighted by Crippen LogP contribution is 2.57. The summed E-state index contributed by atoms with van der Waals surface area (Å²) in [6, 6.07) is 95.8. The quantitative estimate of drug-likeness (QED) is 0.139. The van der Waals surface area contributed by atoms with Gasteiger partial charge in [-0.1, -0.05) is 238 Å². The van der Waals surface area contributed by atoms with Crippen LogP contribution in [0.5, 0.6) is 0 Å². The molecular weight excluding hydrogens is 899 g/mol. The average Bonchev–Trinajstić information content (AvgIpc) is 4.04. The van der Waals surface area contributed by atoms with Crippen LogP contribution in [0, 0.1) is 0 Å². The van der Waals surface area contributed by atoms with Crippen molar-refractivity contribution in [3.63, 3.8) is 0 Å². The van der Waals surface area contributed by atoms with E-state index < -0.39 is 5.41 Å². The summed E-state index contributed by atoms with van der Waals surface area (Å²) in [5.41, 5.74) is 19.4. The Morgan fingerprint density at radius 2 is 0.945 bits per heavy atom. The van der Waals surface area contributed by atoms with E-state index in [2.05, 4.69) is 260 Å². The van der Waals surface area contributed by atoms with E-state index in [1.54, 1.807) is 0 Å². The molecule has 0 aliphatic heterocycles. The van der Waals surface area contributed by atoms with Crippen LogP contribution >= 0.6 is 11.3 Å². The number of hydrogen-bond acceptors (Lipinski definition) is 2. The van der Waals surface area contributed by atoms with Crippen molar-refractivity contribution in [1.29, 1.82) is 0 Å². The Morgan fingerprint density at radius 3 is 1.71 bits per heavy atom. The fraction of sp³-hybridized carbons (Fsp3) is 0.0986. The van der Waals surface area contributed by atoms with Crippen molar-refractivity contribution in [2.24, 2.45) is 0 Å². The highest BCUT2D eigenvalue weighted by atomic mass is 32.1. The van der Waals surface area contributed by atoms with Gasteiger partial charge in [-0.3, -0.25) is 0 Å². The van der Waals surface area contributed by atoms with E-state index in [1.807, 2.05) is 11.3 Å². The van der Waals surface area contributed by atoms with Crippen molar-refractivity contribution in [3.8, 4) is 44.5 Å². The molecule has 0 unspecified atom stereocenters. The molecule has 2 aliphatic rings. The Kier molecular flexibility index (Phi) is 10.8. The zero-order chi connectivity index (χ0) is 48.3. The summed E-state index contributed by atoms with van der Waals surface area (Å²) < 4.78 is 2.65. The first-order valence-corrected chi connectivity index (χ1v) is 26.9. The smallest absolute Gasteiger partial charge is 0.0713 e. The maximum absolute atomic E-state index is 2.54. The molecule has 0 amide bonds. The predicted molar refractivity (Wildman–Crippen MR) is 311 cm³/mol. The molecule has 12 aromatic rings. The van der Waals surface area contributed by atoms with Crippen LogP contribution < -0.4 is 4.90 Å². The third-order valence-electron chi connectivity index (χ3n) is 16.2. The van der Waals surface area contributed by atoms with Gasteiger partial charge in [0.25, 0.3) is 0 Å². The molecule has 1 aromatic heterocycles. The Bertz CT molecular complexity index is 3960. The second-order valence-corrected chi connectivity index (χ2v) is 21.1. The topological polar surface area (TPSA) is 3.24 Å². The molecule has 348 valence electrons. The maximum Gasteiger partial charge on any atom is 0.0713 e.